The van der Waals surface area contributed by atoms with E-state index < -0.39 is 0 Å². The number of aromatic nitrogens is 3. The Labute approximate surface area is 153 Å². The van der Waals surface area contributed by atoms with Crippen LogP contribution in [0.5, 0.6) is 0 Å². The van der Waals surface area contributed by atoms with Gasteiger partial charge in [-0.05, 0) is 24.6 Å². The molecule has 1 unspecified atom stereocenters. The lowest BCUT2D eigenvalue weighted by molar-refractivity contribution is -0.121. The standard InChI is InChI=1S/C19H26N4O3/c1-14(15-5-8-20-9-6-15)21-19(24)4-3-17-16-13-26-11-7-18(16)23(22-17)10-12-25-2/h5-6,8-9,14H,3-4,7,10-13H2,1-2H3,(H,21,24). The van der Waals surface area contributed by atoms with Crippen LogP contribution in [0.15, 0.2) is 24.5 Å². The number of hydrogen-bond donors (Lipinski definition) is 1. The van der Waals surface area contributed by atoms with Gasteiger partial charge in [-0.2, -0.15) is 5.10 Å². The van der Waals surface area contributed by atoms with Crippen molar-refractivity contribution in [3.63, 3.8) is 0 Å². The minimum atomic E-state index is -0.0398. The maximum absolute atomic E-state index is 12.3. The van der Waals surface area contributed by atoms with Crippen LogP contribution in [0.25, 0.3) is 0 Å². The number of fused-ring (bicyclic) bond motifs is 1. The van der Waals surface area contributed by atoms with E-state index >= 15 is 0 Å². The van der Waals surface area contributed by atoms with Crippen LogP contribution in [-0.4, -0.2) is 41.0 Å². The normalized spacial score (nSPS) is 14.7. The first kappa shape index (κ1) is 18.5. The molecule has 1 amide bonds. The monoisotopic (exact) mass is 358 g/mol. The van der Waals surface area contributed by atoms with Crippen molar-refractivity contribution in [3.05, 3.63) is 47.0 Å². The number of amides is 1. The SMILES string of the molecule is COCCn1nc(CCC(=O)NC(C)c2ccncc2)c2c1CCOC2. The summed E-state index contributed by atoms with van der Waals surface area (Å²) in [6, 6.07) is 3.79. The number of carbonyl (C=O) groups is 1. The van der Waals surface area contributed by atoms with Gasteiger partial charge in [0.1, 0.15) is 0 Å². The third-order valence-electron chi connectivity index (χ3n) is 4.66. The van der Waals surface area contributed by atoms with Crippen molar-refractivity contribution >= 4 is 5.91 Å². The lowest BCUT2D eigenvalue weighted by atomic mass is 10.1. The first-order valence-corrected chi connectivity index (χ1v) is 9.02. The molecule has 7 nitrogen and oxygen atoms in total. The number of hydrogen-bond acceptors (Lipinski definition) is 5. The second kappa shape index (κ2) is 8.91. The summed E-state index contributed by atoms with van der Waals surface area (Å²) in [5, 5.41) is 7.74. The number of carbonyl (C=O) groups excluding carboxylic acids is 1. The Morgan fingerprint density at radius 2 is 2.23 bits per heavy atom. The molecular formula is C19H26N4O3. The summed E-state index contributed by atoms with van der Waals surface area (Å²) in [7, 11) is 1.69. The highest BCUT2D eigenvalue weighted by Gasteiger charge is 2.21. The van der Waals surface area contributed by atoms with Crippen LogP contribution < -0.4 is 5.32 Å². The molecule has 140 valence electrons. The van der Waals surface area contributed by atoms with Crippen molar-refractivity contribution in [1.29, 1.82) is 0 Å². The van der Waals surface area contributed by atoms with Crippen LogP contribution in [0.3, 0.4) is 0 Å². The van der Waals surface area contributed by atoms with Crippen molar-refractivity contribution in [2.75, 3.05) is 20.3 Å². The third kappa shape index (κ3) is 4.47. The van der Waals surface area contributed by atoms with Gasteiger partial charge in [0.05, 0.1) is 38.1 Å². The molecular weight excluding hydrogens is 332 g/mol. The van der Waals surface area contributed by atoms with E-state index in [4.69, 9.17) is 14.6 Å². The molecule has 0 radical (unpaired) electrons. The molecule has 2 aromatic heterocycles. The molecule has 3 rings (SSSR count). The van der Waals surface area contributed by atoms with Crippen molar-refractivity contribution < 1.29 is 14.3 Å². The van der Waals surface area contributed by atoms with Crippen LogP contribution >= 0.6 is 0 Å². The van der Waals surface area contributed by atoms with Gasteiger partial charge in [0.2, 0.25) is 5.91 Å². The van der Waals surface area contributed by atoms with E-state index in [0.29, 0.717) is 26.1 Å². The average Bonchev–Trinajstić information content (AvgIpc) is 3.03. The van der Waals surface area contributed by atoms with E-state index in [-0.39, 0.29) is 11.9 Å². The van der Waals surface area contributed by atoms with Crippen molar-refractivity contribution in [2.24, 2.45) is 0 Å². The molecule has 0 spiro atoms. The van der Waals surface area contributed by atoms with Crippen LogP contribution in [0.4, 0.5) is 0 Å². The zero-order valence-corrected chi connectivity index (χ0v) is 15.4. The van der Waals surface area contributed by atoms with Crippen LogP contribution in [0.2, 0.25) is 0 Å². The van der Waals surface area contributed by atoms with Gasteiger partial charge in [0.25, 0.3) is 0 Å². The van der Waals surface area contributed by atoms with E-state index in [9.17, 15) is 4.79 Å². The largest absolute Gasteiger partial charge is 0.383 e. The van der Waals surface area contributed by atoms with Crippen LogP contribution in [-0.2, 0) is 40.3 Å². The summed E-state index contributed by atoms with van der Waals surface area (Å²) in [5.74, 6) is 0.0197. The minimum Gasteiger partial charge on any atom is -0.383 e. The molecule has 0 aliphatic carbocycles. The van der Waals surface area contributed by atoms with E-state index in [2.05, 4.69) is 10.3 Å². The van der Waals surface area contributed by atoms with Crippen molar-refractivity contribution in [2.45, 2.75) is 45.4 Å². The molecule has 0 fully saturated rings. The van der Waals surface area contributed by atoms with Gasteiger partial charge in [0, 0.05) is 50.0 Å². The molecule has 1 N–H and O–H groups in total. The predicted molar refractivity (Wildman–Crippen MR) is 96.6 cm³/mol. The smallest absolute Gasteiger partial charge is 0.220 e. The molecule has 2 aromatic rings. The van der Waals surface area contributed by atoms with E-state index in [0.717, 1.165) is 36.4 Å². The highest BCUT2D eigenvalue weighted by molar-refractivity contribution is 5.76. The van der Waals surface area contributed by atoms with Crippen molar-refractivity contribution in [3.8, 4) is 0 Å². The number of ether oxygens (including phenoxy) is 2. The maximum atomic E-state index is 12.3. The molecule has 1 aliphatic rings. The second-order valence-corrected chi connectivity index (χ2v) is 6.46. The Morgan fingerprint density at radius 1 is 1.42 bits per heavy atom. The number of pyridine rings is 1. The number of rotatable bonds is 8. The maximum Gasteiger partial charge on any atom is 0.220 e. The number of aryl methyl sites for hydroxylation is 1. The topological polar surface area (TPSA) is 78.3 Å². The van der Waals surface area contributed by atoms with Gasteiger partial charge < -0.3 is 14.8 Å². The predicted octanol–water partition coefficient (Wildman–Crippen LogP) is 1.81. The summed E-state index contributed by atoms with van der Waals surface area (Å²) >= 11 is 0. The number of nitrogens with zero attached hydrogens (tertiary/aromatic N) is 3. The second-order valence-electron chi connectivity index (χ2n) is 6.46. The Balaban J connectivity index is 1.60. The Kier molecular flexibility index (Phi) is 6.35. The zero-order chi connectivity index (χ0) is 18.4. The fraction of sp³-hybridized carbons (Fsp3) is 0.526. The summed E-state index contributed by atoms with van der Waals surface area (Å²) in [6.45, 7) is 4.62. The van der Waals surface area contributed by atoms with E-state index in [1.807, 2.05) is 23.7 Å². The fourth-order valence-corrected chi connectivity index (χ4v) is 3.22. The van der Waals surface area contributed by atoms with Gasteiger partial charge in [-0.3, -0.25) is 14.5 Å². The van der Waals surface area contributed by atoms with Gasteiger partial charge in [-0.1, -0.05) is 0 Å². The van der Waals surface area contributed by atoms with Gasteiger partial charge >= 0.3 is 0 Å². The first-order chi connectivity index (χ1) is 12.7. The summed E-state index contributed by atoms with van der Waals surface area (Å²) in [6.07, 6.45) is 5.34. The molecule has 26 heavy (non-hydrogen) atoms. The van der Waals surface area contributed by atoms with Gasteiger partial charge in [0.15, 0.2) is 0 Å². The van der Waals surface area contributed by atoms with Crippen LogP contribution in [0, 0.1) is 0 Å². The highest BCUT2D eigenvalue weighted by Crippen LogP contribution is 2.22. The van der Waals surface area contributed by atoms with E-state index in [1.54, 1.807) is 19.5 Å². The summed E-state index contributed by atoms with van der Waals surface area (Å²) in [4.78, 5) is 16.3. The van der Waals surface area contributed by atoms with E-state index in [1.165, 1.54) is 5.69 Å². The first-order valence-electron chi connectivity index (χ1n) is 9.02. The highest BCUT2D eigenvalue weighted by atomic mass is 16.5. The Hall–Kier alpha value is -2.25. The van der Waals surface area contributed by atoms with Crippen molar-refractivity contribution in [1.82, 2.24) is 20.1 Å². The molecule has 0 aromatic carbocycles. The molecule has 1 aliphatic heterocycles. The lowest BCUT2D eigenvalue weighted by Gasteiger charge is -2.15. The molecule has 3 heterocycles. The third-order valence-corrected chi connectivity index (χ3v) is 4.66. The van der Waals surface area contributed by atoms with Gasteiger partial charge in [-0.25, -0.2) is 0 Å². The molecule has 1 atom stereocenters. The van der Waals surface area contributed by atoms with Gasteiger partial charge in [-0.15, -0.1) is 0 Å². The quantitative estimate of drug-likeness (QED) is 0.779. The summed E-state index contributed by atoms with van der Waals surface area (Å²) < 4.78 is 12.8. The molecule has 7 heteroatoms. The molecule has 0 saturated carbocycles. The Bertz CT molecular complexity index is 730. The lowest BCUT2D eigenvalue weighted by Crippen LogP contribution is -2.27. The number of methoxy groups -OCH3 is 1. The summed E-state index contributed by atoms with van der Waals surface area (Å²) in [5.41, 5.74) is 4.36. The fourth-order valence-electron chi connectivity index (χ4n) is 3.22. The zero-order valence-electron chi connectivity index (χ0n) is 15.4. The average molecular weight is 358 g/mol. The van der Waals surface area contributed by atoms with Crippen LogP contribution in [0.1, 0.15) is 41.9 Å². The molecule has 0 saturated heterocycles. The number of nitrogens with one attached hydrogen (secondary N) is 1. The molecule has 0 bridgehead atoms. The Morgan fingerprint density at radius 3 is 3.00 bits per heavy atom. The minimum absolute atomic E-state index is 0.0197.